The number of methoxy groups -OCH3 is 1. The molecule has 2 nitrogen and oxygen atoms in total. The number of ether oxygens (including phenoxy) is 1. The Morgan fingerprint density at radius 2 is 1.40 bits per heavy atom. The van der Waals surface area contributed by atoms with Crippen LogP contribution in [0.5, 0.6) is 0 Å². The largest absolute Gasteiger partial charge is 0.466 e. The van der Waals surface area contributed by atoms with Crippen molar-refractivity contribution in [3.8, 4) is 0 Å². The highest BCUT2D eigenvalue weighted by molar-refractivity contribution is 5.85. The van der Waals surface area contributed by atoms with Crippen molar-refractivity contribution in [3.05, 3.63) is 34.9 Å². The minimum atomic E-state index is -0.267. The fourth-order valence-electron chi connectivity index (χ4n) is 1.57. The number of rotatable bonds is 7. The molecule has 0 atom stereocenters. The van der Waals surface area contributed by atoms with Crippen LogP contribution in [0.3, 0.4) is 0 Å². The van der Waals surface area contributed by atoms with Crippen molar-refractivity contribution in [1.29, 1.82) is 0 Å². The Balaban J connectivity index is -0.00000144. The van der Waals surface area contributed by atoms with E-state index in [-0.39, 0.29) is 30.8 Å². The van der Waals surface area contributed by atoms with Gasteiger partial charge in [0.25, 0.3) is 0 Å². The zero-order valence-corrected chi connectivity index (χ0v) is 14.8. The molecule has 0 aliphatic heterocycles. The summed E-state index contributed by atoms with van der Waals surface area (Å²) in [7, 11) is 1.40. The SMILES string of the molecule is COC(=O)C=C(C)CCC=C(C)CCC=C(C)C.Cl.Cl. The molecule has 20 heavy (non-hydrogen) atoms. The Kier molecular flexibility index (Phi) is 17.8. The minimum Gasteiger partial charge on any atom is -0.466 e. The quantitative estimate of drug-likeness (QED) is 0.355. The molecular formula is C16H28Cl2O2. The molecule has 0 rings (SSSR count). The van der Waals surface area contributed by atoms with Gasteiger partial charge in [-0.25, -0.2) is 4.79 Å². The van der Waals surface area contributed by atoms with Gasteiger partial charge in [-0.3, -0.25) is 0 Å². The molecule has 0 saturated heterocycles. The van der Waals surface area contributed by atoms with Crippen LogP contribution in [-0.4, -0.2) is 13.1 Å². The maximum atomic E-state index is 11.0. The van der Waals surface area contributed by atoms with E-state index < -0.39 is 0 Å². The summed E-state index contributed by atoms with van der Waals surface area (Å²) in [6.07, 6.45) is 10.2. The van der Waals surface area contributed by atoms with Gasteiger partial charge >= 0.3 is 5.97 Å². The molecule has 0 amide bonds. The lowest BCUT2D eigenvalue weighted by molar-refractivity contribution is -0.134. The third kappa shape index (κ3) is 15.3. The van der Waals surface area contributed by atoms with E-state index in [4.69, 9.17) is 0 Å². The monoisotopic (exact) mass is 322 g/mol. The fourth-order valence-corrected chi connectivity index (χ4v) is 1.57. The van der Waals surface area contributed by atoms with E-state index in [1.807, 2.05) is 6.92 Å². The van der Waals surface area contributed by atoms with Gasteiger partial charge in [-0.2, -0.15) is 0 Å². The lowest BCUT2D eigenvalue weighted by Crippen LogP contribution is -1.95. The lowest BCUT2D eigenvalue weighted by atomic mass is 10.1. The Morgan fingerprint density at radius 1 is 0.900 bits per heavy atom. The number of carbonyl (C=O) groups is 1. The van der Waals surface area contributed by atoms with Gasteiger partial charge in [0.05, 0.1) is 7.11 Å². The molecule has 0 heterocycles. The van der Waals surface area contributed by atoms with Gasteiger partial charge in [-0.05, 0) is 53.4 Å². The highest BCUT2D eigenvalue weighted by Crippen LogP contribution is 2.11. The first-order valence-corrected chi connectivity index (χ1v) is 6.49. The first-order valence-electron chi connectivity index (χ1n) is 6.49. The Morgan fingerprint density at radius 3 is 1.90 bits per heavy atom. The van der Waals surface area contributed by atoms with Gasteiger partial charge in [0.15, 0.2) is 0 Å². The third-order valence-corrected chi connectivity index (χ3v) is 2.69. The molecule has 118 valence electrons. The molecule has 0 aromatic heterocycles. The van der Waals surface area contributed by atoms with E-state index in [0.717, 1.165) is 31.3 Å². The maximum absolute atomic E-state index is 11.0. The lowest BCUT2D eigenvalue weighted by Gasteiger charge is -2.01. The zero-order chi connectivity index (χ0) is 14.0. The summed E-state index contributed by atoms with van der Waals surface area (Å²) in [6.45, 7) is 8.38. The maximum Gasteiger partial charge on any atom is 0.330 e. The van der Waals surface area contributed by atoms with Crippen LogP contribution in [0.25, 0.3) is 0 Å². The number of halogens is 2. The smallest absolute Gasteiger partial charge is 0.330 e. The van der Waals surface area contributed by atoms with Crippen LogP contribution in [0, 0.1) is 0 Å². The van der Waals surface area contributed by atoms with Crippen LogP contribution in [0.4, 0.5) is 0 Å². The minimum absolute atomic E-state index is 0. The van der Waals surface area contributed by atoms with E-state index in [1.165, 1.54) is 18.3 Å². The van der Waals surface area contributed by atoms with Crippen LogP contribution >= 0.6 is 24.8 Å². The number of hydrogen-bond donors (Lipinski definition) is 0. The Bertz CT molecular complexity index is 351. The molecule has 0 unspecified atom stereocenters. The van der Waals surface area contributed by atoms with Crippen LogP contribution in [0.15, 0.2) is 34.9 Å². The van der Waals surface area contributed by atoms with Crippen molar-refractivity contribution >= 4 is 30.8 Å². The van der Waals surface area contributed by atoms with Crippen molar-refractivity contribution in [2.75, 3.05) is 7.11 Å². The second kappa shape index (κ2) is 14.7. The van der Waals surface area contributed by atoms with Crippen LogP contribution < -0.4 is 0 Å². The van der Waals surface area contributed by atoms with Gasteiger partial charge in [0.2, 0.25) is 0 Å². The van der Waals surface area contributed by atoms with E-state index in [9.17, 15) is 4.79 Å². The van der Waals surface area contributed by atoms with Gasteiger partial charge in [0.1, 0.15) is 0 Å². The van der Waals surface area contributed by atoms with Crippen LogP contribution in [-0.2, 0) is 9.53 Å². The number of carbonyl (C=O) groups excluding carboxylic acids is 1. The van der Waals surface area contributed by atoms with Gasteiger partial charge < -0.3 is 4.74 Å². The summed E-state index contributed by atoms with van der Waals surface area (Å²) in [6, 6.07) is 0. The number of esters is 1. The topological polar surface area (TPSA) is 26.3 Å². The van der Waals surface area contributed by atoms with E-state index in [0.29, 0.717) is 0 Å². The average Bonchev–Trinajstić information content (AvgIpc) is 2.28. The van der Waals surface area contributed by atoms with Gasteiger partial charge in [-0.1, -0.05) is 28.9 Å². The molecule has 0 N–H and O–H groups in total. The average molecular weight is 323 g/mol. The van der Waals surface area contributed by atoms with Gasteiger partial charge in [-0.15, -0.1) is 24.8 Å². The molecule has 0 spiro atoms. The normalized spacial score (nSPS) is 11.1. The molecule has 0 aliphatic carbocycles. The predicted molar refractivity (Wildman–Crippen MR) is 91.9 cm³/mol. The first kappa shape index (κ1) is 24.3. The summed E-state index contributed by atoms with van der Waals surface area (Å²) >= 11 is 0. The van der Waals surface area contributed by atoms with Crippen molar-refractivity contribution < 1.29 is 9.53 Å². The van der Waals surface area contributed by atoms with Crippen molar-refractivity contribution in [3.63, 3.8) is 0 Å². The van der Waals surface area contributed by atoms with Crippen LogP contribution in [0.2, 0.25) is 0 Å². The first-order chi connectivity index (χ1) is 8.45. The summed E-state index contributed by atoms with van der Waals surface area (Å²) in [5.74, 6) is -0.267. The van der Waals surface area contributed by atoms with Crippen molar-refractivity contribution in [2.24, 2.45) is 0 Å². The molecule has 0 radical (unpaired) electrons. The summed E-state index contributed by atoms with van der Waals surface area (Å²) < 4.78 is 4.59. The fraction of sp³-hybridized carbons (Fsp3) is 0.562. The van der Waals surface area contributed by atoms with E-state index >= 15 is 0 Å². The highest BCUT2D eigenvalue weighted by Gasteiger charge is 1.96. The summed E-state index contributed by atoms with van der Waals surface area (Å²) in [4.78, 5) is 11.0. The van der Waals surface area contributed by atoms with Crippen LogP contribution in [0.1, 0.15) is 53.4 Å². The van der Waals surface area contributed by atoms with E-state index in [2.05, 4.69) is 37.7 Å². The number of allylic oxidation sites excluding steroid dienone is 5. The van der Waals surface area contributed by atoms with Gasteiger partial charge in [0, 0.05) is 6.08 Å². The Labute approximate surface area is 136 Å². The third-order valence-electron chi connectivity index (χ3n) is 2.69. The summed E-state index contributed by atoms with van der Waals surface area (Å²) in [5, 5.41) is 0. The molecular weight excluding hydrogens is 295 g/mol. The molecule has 0 aromatic carbocycles. The second-order valence-electron chi connectivity index (χ2n) is 4.92. The second-order valence-corrected chi connectivity index (χ2v) is 4.92. The Hall–Kier alpha value is -0.730. The molecule has 0 fully saturated rings. The molecule has 0 aliphatic rings. The molecule has 0 aromatic rings. The molecule has 0 saturated carbocycles. The molecule has 0 bridgehead atoms. The summed E-state index contributed by atoms with van der Waals surface area (Å²) in [5.41, 5.74) is 3.85. The predicted octanol–water partition coefficient (Wildman–Crippen LogP) is 5.42. The molecule has 4 heteroatoms. The standard InChI is InChI=1S/C16H26O2.2ClH/c1-13(2)8-6-9-14(3)10-7-11-15(4)12-16(17)18-5;;/h8,10,12H,6-7,9,11H2,1-5H3;2*1H. The van der Waals surface area contributed by atoms with E-state index in [1.54, 1.807) is 6.08 Å². The van der Waals surface area contributed by atoms with Crippen molar-refractivity contribution in [2.45, 2.75) is 53.4 Å². The zero-order valence-electron chi connectivity index (χ0n) is 13.2. The highest BCUT2D eigenvalue weighted by atomic mass is 35.5. The number of hydrogen-bond acceptors (Lipinski definition) is 2. The van der Waals surface area contributed by atoms with Crippen molar-refractivity contribution in [1.82, 2.24) is 0 Å².